The van der Waals surface area contributed by atoms with Gasteiger partial charge in [-0.05, 0) is 42.8 Å². The fourth-order valence-corrected chi connectivity index (χ4v) is 2.82. The summed E-state index contributed by atoms with van der Waals surface area (Å²) in [5, 5.41) is 16.0. The van der Waals surface area contributed by atoms with E-state index >= 15 is 0 Å². The molecule has 1 aromatic carbocycles. The molecule has 6 nitrogen and oxygen atoms in total. The summed E-state index contributed by atoms with van der Waals surface area (Å²) in [6, 6.07) is 7.60. The highest BCUT2D eigenvalue weighted by Gasteiger charge is 2.18. The number of amides is 2. The summed E-state index contributed by atoms with van der Waals surface area (Å²) in [6.45, 7) is 1.62. The first-order chi connectivity index (χ1) is 11.6. The molecule has 0 spiro atoms. The maximum atomic E-state index is 12.3. The van der Waals surface area contributed by atoms with Crippen LogP contribution in [0.1, 0.15) is 17.4 Å². The van der Waals surface area contributed by atoms with Gasteiger partial charge in [0.2, 0.25) is 0 Å². The Labute approximate surface area is 143 Å². The summed E-state index contributed by atoms with van der Waals surface area (Å²) in [6.07, 6.45) is 3.17. The second-order valence-electron chi connectivity index (χ2n) is 5.30. The van der Waals surface area contributed by atoms with Gasteiger partial charge in [-0.15, -0.1) is 0 Å². The third-order valence-corrected chi connectivity index (χ3v) is 3.94. The lowest BCUT2D eigenvalue weighted by molar-refractivity contribution is 0.215. The average Bonchev–Trinajstić information content (AvgIpc) is 3.11. The molecule has 0 bridgehead atoms. The summed E-state index contributed by atoms with van der Waals surface area (Å²) in [5.74, 6) is 0.467. The van der Waals surface area contributed by atoms with Crippen LogP contribution in [0.4, 0.5) is 10.5 Å². The Balaban J connectivity index is 1.86. The third-order valence-electron chi connectivity index (χ3n) is 3.65. The van der Waals surface area contributed by atoms with Crippen LogP contribution < -0.4 is 10.6 Å². The quantitative estimate of drug-likeness (QED) is 0.673. The van der Waals surface area contributed by atoms with Crippen molar-refractivity contribution in [2.24, 2.45) is 0 Å². The lowest BCUT2D eigenvalue weighted by Gasteiger charge is -2.16. The summed E-state index contributed by atoms with van der Waals surface area (Å²) in [4.78, 5) is 16.6. The smallest absolute Gasteiger partial charge is 0.319 e. The van der Waals surface area contributed by atoms with Crippen molar-refractivity contribution in [3.8, 4) is 0 Å². The number of furan rings is 1. The molecule has 7 heteroatoms. The number of carbonyl (C=O) groups excluding carboxylic acids is 1. The van der Waals surface area contributed by atoms with Crippen molar-refractivity contribution >= 4 is 34.2 Å². The number of carbonyl (C=O) groups is 1. The molecular weight excluding hydrogens is 330 g/mol. The molecule has 0 saturated carbocycles. The number of halogens is 1. The van der Waals surface area contributed by atoms with E-state index in [9.17, 15) is 9.90 Å². The summed E-state index contributed by atoms with van der Waals surface area (Å²) in [5.41, 5.74) is 2.16. The fourth-order valence-electron chi connectivity index (χ4n) is 2.51. The fraction of sp³-hybridized carbons (Fsp3) is 0.176. The first-order valence-electron chi connectivity index (χ1n) is 7.35. The monoisotopic (exact) mass is 345 g/mol. The van der Waals surface area contributed by atoms with Crippen LogP contribution in [-0.2, 0) is 0 Å². The number of benzene rings is 1. The molecule has 2 amide bonds. The van der Waals surface area contributed by atoms with E-state index in [2.05, 4.69) is 15.6 Å². The van der Waals surface area contributed by atoms with Crippen molar-refractivity contribution in [1.82, 2.24) is 10.3 Å². The summed E-state index contributed by atoms with van der Waals surface area (Å²) in [7, 11) is 0. The summed E-state index contributed by atoms with van der Waals surface area (Å²) < 4.78 is 5.21. The molecular formula is C17H16ClN3O3. The van der Waals surface area contributed by atoms with Crippen LogP contribution >= 0.6 is 11.6 Å². The van der Waals surface area contributed by atoms with Crippen LogP contribution in [0.2, 0.25) is 5.02 Å². The molecule has 3 rings (SSSR count). The van der Waals surface area contributed by atoms with Crippen LogP contribution in [0.15, 0.2) is 47.2 Å². The van der Waals surface area contributed by atoms with E-state index in [1.807, 2.05) is 13.0 Å². The van der Waals surface area contributed by atoms with E-state index in [4.69, 9.17) is 16.0 Å². The van der Waals surface area contributed by atoms with Crippen LogP contribution in [0.3, 0.4) is 0 Å². The van der Waals surface area contributed by atoms with E-state index in [1.165, 1.54) is 6.26 Å². The number of urea groups is 1. The Hall–Kier alpha value is -2.57. The van der Waals surface area contributed by atoms with Gasteiger partial charge in [0.05, 0.1) is 29.1 Å². The number of pyridine rings is 1. The van der Waals surface area contributed by atoms with Crippen molar-refractivity contribution in [1.29, 1.82) is 0 Å². The van der Waals surface area contributed by atoms with Gasteiger partial charge in [0.25, 0.3) is 0 Å². The summed E-state index contributed by atoms with van der Waals surface area (Å²) >= 11 is 6.28. The van der Waals surface area contributed by atoms with Gasteiger partial charge < -0.3 is 20.2 Å². The molecule has 1 unspecified atom stereocenters. The second-order valence-corrected chi connectivity index (χ2v) is 5.71. The van der Waals surface area contributed by atoms with Crippen molar-refractivity contribution in [3.63, 3.8) is 0 Å². The topological polar surface area (TPSA) is 87.4 Å². The van der Waals surface area contributed by atoms with E-state index in [-0.39, 0.29) is 6.61 Å². The maximum absolute atomic E-state index is 12.3. The number of nitrogens with zero attached hydrogens (tertiary/aromatic N) is 1. The van der Waals surface area contributed by atoms with Gasteiger partial charge in [0.1, 0.15) is 11.8 Å². The highest BCUT2D eigenvalue weighted by atomic mass is 35.5. The molecule has 3 aromatic rings. The molecule has 0 radical (unpaired) electrons. The first kappa shape index (κ1) is 16.3. The zero-order chi connectivity index (χ0) is 17.1. The largest absolute Gasteiger partial charge is 0.467 e. The van der Waals surface area contributed by atoms with Crippen LogP contribution in [0.25, 0.3) is 10.9 Å². The number of aliphatic hydroxyl groups is 1. The number of aliphatic hydroxyl groups excluding tert-OH is 1. The lowest BCUT2D eigenvalue weighted by Crippen LogP contribution is -2.34. The number of rotatable bonds is 4. The molecule has 2 aromatic heterocycles. The maximum Gasteiger partial charge on any atom is 0.319 e. The minimum absolute atomic E-state index is 0.287. The Bertz CT molecular complexity index is 865. The highest BCUT2D eigenvalue weighted by Crippen LogP contribution is 2.32. The van der Waals surface area contributed by atoms with Crippen molar-refractivity contribution in [2.75, 3.05) is 11.9 Å². The number of anilines is 1. The van der Waals surface area contributed by atoms with E-state index < -0.39 is 12.1 Å². The third kappa shape index (κ3) is 3.20. The molecule has 0 aliphatic rings. The van der Waals surface area contributed by atoms with Crippen molar-refractivity contribution in [3.05, 3.63) is 59.1 Å². The normalized spacial score (nSPS) is 12.1. The molecule has 124 valence electrons. The Kier molecular flexibility index (Phi) is 4.69. The van der Waals surface area contributed by atoms with Gasteiger partial charge >= 0.3 is 6.03 Å². The Morgan fingerprint density at radius 3 is 2.96 bits per heavy atom. The molecule has 2 heterocycles. The van der Waals surface area contributed by atoms with Crippen molar-refractivity contribution in [2.45, 2.75) is 13.0 Å². The molecule has 0 aliphatic carbocycles. The highest BCUT2D eigenvalue weighted by molar-refractivity contribution is 6.35. The molecule has 24 heavy (non-hydrogen) atoms. The number of aromatic nitrogens is 1. The Morgan fingerprint density at radius 2 is 2.25 bits per heavy atom. The van der Waals surface area contributed by atoms with Gasteiger partial charge in [-0.1, -0.05) is 11.6 Å². The standard InChI is InChI=1S/C17H16ClN3O3/c1-10-8-12(18)16(11-4-2-6-19-15(10)11)21-17(23)20-13(9-22)14-5-3-7-24-14/h2-8,13,22H,9H2,1H3,(H2,20,21,23). The van der Waals surface area contributed by atoms with Crippen LogP contribution in [0.5, 0.6) is 0 Å². The second kappa shape index (κ2) is 6.90. The first-order valence-corrected chi connectivity index (χ1v) is 7.73. The van der Waals surface area contributed by atoms with Gasteiger partial charge in [-0.3, -0.25) is 4.98 Å². The number of hydrogen-bond donors (Lipinski definition) is 3. The molecule has 1 atom stereocenters. The minimum atomic E-state index is -0.645. The van der Waals surface area contributed by atoms with E-state index in [1.54, 1.807) is 30.5 Å². The molecule has 0 fully saturated rings. The minimum Gasteiger partial charge on any atom is -0.467 e. The average molecular weight is 346 g/mol. The predicted molar refractivity (Wildman–Crippen MR) is 92.2 cm³/mol. The zero-order valence-electron chi connectivity index (χ0n) is 12.9. The van der Waals surface area contributed by atoms with Crippen molar-refractivity contribution < 1.29 is 14.3 Å². The number of nitrogens with one attached hydrogen (secondary N) is 2. The molecule has 0 aliphatic heterocycles. The van der Waals surface area contributed by atoms with E-state index in [0.717, 1.165) is 16.5 Å². The number of aryl methyl sites for hydroxylation is 1. The van der Waals surface area contributed by atoms with Gasteiger partial charge in [-0.25, -0.2) is 4.79 Å². The Morgan fingerprint density at radius 1 is 1.42 bits per heavy atom. The number of hydrogen-bond acceptors (Lipinski definition) is 4. The SMILES string of the molecule is Cc1cc(Cl)c(NC(=O)NC(CO)c2ccco2)c2cccnc12. The van der Waals surface area contributed by atoms with Crippen LogP contribution in [-0.4, -0.2) is 22.7 Å². The molecule has 0 saturated heterocycles. The van der Waals surface area contributed by atoms with Crippen LogP contribution in [0, 0.1) is 6.92 Å². The number of fused-ring (bicyclic) bond motifs is 1. The zero-order valence-corrected chi connectivity index (χ0v) is 13.7. The van der Waals surface area contributed by atoms with Gasteiger partial charge in [0, 0.05) is 11.6 Å². The predicted octanol–water partition coefficient (Wildman–Crippen LogP) is 3.64. The van der Waals surface area contributed by atoms with E-state index in [0.29, 0.717) is 16.5 Å². The van der Waals surface area contributed by atoms with Gasteiger partial charge in [0.15, 0.2) is 0 Å². The molecule has 3 N–H and O–H groups in total. The lowest BCUT2D eigenvalue weighted by atomic mass is 10.1. The van der Waals surface area contributed by atoms with Gasteiger partial charge in [-0.2, -0.15) is 0 Å².